The monoisotopic (exact) mass is 350 g/mol. The number of methoxy groups -OCH3 is 1. The highest BCUT2D eigenvalue weighted by atomic mass is 79.9. The van der Waals surface area contributed by atoms with Crippen molar-refractivity contribution in [1.29, 1.82) is 0 Å². The van der Waals surface area contributed by atoms with E-state index < -0.39 is 0 Å². The molecule has 0 bridgehead atoms. The summed E-state index contributed by atoms with van der Waals surface area (Å²) in [6.07, 6.45) is 4.58. The lowest BCUT2D eigenvalue weighted by Gasteiger charge is -2.35. The van der Waals surface area contributed by atoms with Crippen LogP contribution in [0.15, 0.2) is 16.6 Å². The molecule has 2 atom stereocenters. The first-order valence-electron chi connectivity index (χ1n) is 7.89. The molecule has 2 unspecified atom stereocenters. The predicted octanol–water partition coefficient (Wildman–Crippen LogP) is 3.61. The smallest absolute Gasteiger partial charge is 0.120 e. The fraction of sp³-hybridized carbons (Fsp3) is 0.647. The summed E-state index contributed by atoms with van der Waals surface area (Å²) in [4.78, 5) is 5.19. The first-order valence-corrected chi connectivity index (χ1v) is 8.69. The zero-order valence-electron chi connectivity index (χ0n) is 13.0. The molecule has 4 heteroatoms. The normalized spacial score (nSPS) is 31.4. The molecule has 1 aromatic carbocycles. The van der Waals surface area contributed by atoms with E-state index in [1.54, 1.807) is 7.11 Å². The van der Waals surface area contributed by atoms with Gasteiger partial charge in [-0.1, -0.05) is 6.92 Å². The summed E-state index contributed by atoms with van der Waals surface area (Å²) >= 11 is 3.75. The third-order valence-corrected chi connectivity index (χ3v) is 6.24. The van der Waals surface area contributed by atoms with E-state index in [0.29, 0.717) is 6.17 Å². The maximum Gasteiger partial charge on any atom is 0.120 e. The van der Waals surface area contributed by atoms with Crippen LogP contribution in [0.4, 0.5) is 5.69 Å². The van der Waals surface area contributed by atoms with Crippen LogP contribution >= 0.6 is 15.9 Å². The summed E-state index contributed by atoms with van der Waals surface area (Å²) in [6.45, 7) is 4.92. The Morgan fingerprint density at radius 1 is 1.38 bits per heavy atom. The number of rotatable bonds is 3. The largest absolute Gasteiger partial charge is 0.497 e. The highest BCUT2D eigenvalue weighted by Crippen LogP contribution is 2.55. The van der Waals surface area contributed by atoms with Gasteiger partial charge in [-0.3, -0.25) is 4.90 Å². The SMILES string of the molecule is COc1cc(Br)c2c(c1)C1(C)CCN(CC3CC3)C1N2C. The van der Waals surface area contributed by atoms with Crippen molar-refractivity contribution >= 4 is 21.6 Å². The summed E-state index contributed by atoms with van der Waals surface area (Å²) in [5.41, 5.74) is 3.01. The van der Waals surface area contributed by atoms with Crippen LogP contribution < -0.4 is 9.64 Å². The Balaban J connectivity index is 1.77. The Morgan fingerprint density at radius 3 is 2.81 bits per heavy atom. The van der Waals surface area contributed by atoms with E-state index in [2.05, 4.69) is 51.8 Å². The van der Waals surface area contributed by atoms with Crippen molar-refractivity contribution in [1.82, 2.24) is 4.90 Å². The number of nitrogens with zero attached hydrogens (tertiary/aromatic N) is 2. The standard InChI is InChI=1S/C17H23BrN2O/c1-17-6-7-20(10-11-4-5-11)16(17)19(2)15-13(17)8-12(21-3)9-14(15)18/h8-9,11,16H,4-7,10H2,1-3H3. The maximum atomic E-state index is 5.49. The van der Waals surface area contributed by atoms with Crippen LogP contribution in [0.25, 0.3) is 0 Å². The molecule has 1 saturated heterocycles. The van der Waals surface area contributed by atoms with Gasteiger partial charge in [0.1, 0.15) is 5.75 Å². The van der Waals surface area contributed by atoms with Gasteiger partial charge in [-0.2, -0.15) is 0 Å². The molecule has 0 amide bonds. The van der Waals surface area contributed by atoms with Gasteiger partial charge in [0.05, 0.1) is 19.0 Å². The molecule has 114 valence electrons. The number of halogens is 1. The van der Waals surface area contributed by atoms with Gasteiger partial charge in [0.2, 0.25) is 0 Å². The first-order chi connectivity index (χ1) is 10.0. The molecule has 2 heterocycles. The van der Waals surface area contributed by atoms with E-state index in [1.165, 1.54) is 43.6 Å². The van der Waals surface area contributed by atoms with E-state index in [9.17, 15) is 0 Å². The minimum absolute atomic E-state index is 0.218. The van der Waals surface area contributed by atoms with Gasteiger partial charge in [-0.25, -0.2) is 0 Å². The van der Waals surface area contributed by atoms with Crippen LogP contribution in [0.5, 0.6) is 5.75 Å². The molecule has 21 heavy (non-hydrogen) atoms. The Kier molecular flexibility index (Phi) is 3.06. The van der Waals surface area contributed by atoms with Crippen molar-refractivity contribution < 1.29 is 4.74 Å². The minimum Gasteiger partial charge on any atom is -0.497 e. The highest BCUT2D eigenvalue weighted by Gasteiger charge is 2.54. The lowest BCUT2D eigenvalue weighted by atomic mass is 9.81. The number of likely N-dealkylation sites (N-methyl/N-ethyl adjacent to an activating group) is 1. The lowest BCUT2D eigenvalue weighted by molar-refractivity contribution is 0.215. The molecule has 3 nitrogen and oxygen atoms in total. The molecule has 2 fully saturated rings. The average molecular weight is 351 g/mol. The summed E-state index contributed by atoms with van der Waals surface area (Å²) in [5, 5.41) is 0. The van der Waals surface area contributed by atoms with E-state index in [0.717, 1.165) is 16.1 Å². The molecule has 1 aliphatic carbocycles. The third kappa shape index (κ3) is 1.95. The second-order valence-corrected chi connectivity index (χ2v) is 7.95. The van der Waals surface area contributed by atoms with Crippen molar-refractivity contribution in [2.75, 3.05) is 32.1 Å². The lowest BCUT2D eigenvalue weighted by Crippen LogP contribution is -2.47. The Labute approximate surface area is 135 Å². The zero-order valence-corrected chi connectivity index (χ0v) is 14.6. The van der Waals surface area contributed by atoms with Crippen LogP contribution in [-0.4, -0.2) is 38.3 Å². The van der Waals surface area contributed by atoms with Gasteiger partial charge in [0.15, 0.2) is 0 Å². The fourth-order valence-electron chi connectivity index (χ4n) is 4.41. The number of benzene rings is 1. The third-order valence-electron chi connectivity index (χ3n) is 5.63. The first kappa shape index (κ1) is 13.9. The molecule has 4 rings (SSSR count). The van der Waals surface area contributed by atoms with Gasteiger partial charge in [0.25, 0.3) is 0 Å². The average Bonchev–Trinajstić information content (AvgIpc) is 3.16. The van der Waals surface area contributed by atoms with Crippen LogP contribution in [0, 0.1) is 5.92 Å². The second-order valence-electron chi connectivity index (χ2n) is 7.10. The number of fused-ring (bicyclic) bond motifs is 3. The summed E-state index contributed by atoms with van der Waals surface area (Å²) in [6, 6.07) is 4.34. The van der Waals surface area contributed by atoms with Crippen LogP contribution in [-0.2, 0) is 5.41 Å². The molecule has 1 aromatic rings. The van der Waals surface area contributed by atoms with Gasteiger partial charge < -0.3 is 9.64 Å². The van der Waals surface area contributed by atoms with E-state index in [4.69, 9.17) is 4.74 Å². The predicted molar refractivity (Wildman–Crippen MR) is 89.2 cm³/mol. The topological polar surface area (TPSA) is 15.7 Å². The molecule has 0 radical (unpaired) electrons. The number of ether oxygens (including phenoxy) is 1. The van der Waals surface area contributed by atoms with E-state index in [-0.39, 0.29) is 5.41 Å². The van der Waals surface area contributed by atoms with Gasteiger partial charge >= 0.3 is 0 Å². The van der Waals surface area contributed by atoms with Crippen LogP contribution in [0.1, 0.15) is 31.7 Å². The van der Waals surface area contributed by atoms with Crippen molar-refractivity contribution in [2.24, 2.45) is 5.92 Å². The molecule has 0 N–H and O–H groups in total. The fourth-order valence-corrected chi connectivity index (χ4v) is 5.13. The molecule has 2 aliphatic heterocycles. The molecule has 0 spiro atoms. The zero-order chi connectivity index (χ0) is 14.8. The highest BCUT2D eigenvalue weighted by molar-refractivity contribution is 9.10. The van der Waals surface area contributed by atoms with E-state index >= 15 is 0 Å². The summed E-state index contributed by atoms with van der Waals surface area (Å²) in [5.74, 6) is 1.90. The number of hydrogen-bond donors (Lipinski definition) is 0. The second kappa shape index (κ2) is 4.63. The van der Waals surface area contributed by atoms with Gasteiger partial charge in [0, 0.05) is 30.0 Å². The van der Waals surface area contributed by atoms with Crippen molar-refractivity contribution in [3.8, 4) is 5.75 Å². The Hall–Kier alpha value is -0.740. The summed E-state index contributed by atoms with van der Waals surface area (Å²) < 4.78 is 6.64. The Bertz CT molecular complexity index is 586. The molecular formula is C17H23BrN2O. The molecule has 3 aliphatic rings. The number of anilines is 1. The Morgan fingerprint density at radius 2 is 2.14 bits per heavy atom. The molecular weight excluding hydrogens is 328 g/mol. The quantitative estimate of drug-likeness (QED) is 0.828. The number of hydrogen-bond acceptors (Lipinski definition) is 3. The van der Waals surface area contributed by atoms with Crippen molar-refractivity contribution in [3.63, 3.8) is 0 Å². The minimum atomic E-state index is 0.218. The van der Waals surface area contributed by atoms with Crippen molar-refractivity contribution in [2.45, 2.75) is 37.8 Å². The van der Waals surface area contributed by atoms with Gasteiger partial charge in [-0.05, 0) is 58.8 Å². The van der Waals surface area contributed by atoms with Crippen molar-refractivity contribution in [3.05, 3.63) is 22.2 Å². The van der Waals surface area contributed by atoms with E-state index in [1.807, 2.05) is 0 Å². The number of likely N-dealkylation sites (tertiary alicyclic amines) is 1. The van der Waals surface area contributed by atoms with Crippen LogP contribution in [0.2, 0.25) is 0 Å². The van der Waals surface area contributed by atoms with Gasteiger partial charge in [-0.15, -0.1) is 0 Å². The maximum absolute atomic E-state index is 5.49. The van der Waals surface area contributed by atoms with Crippen LogP contribution in [0.3, 0.4) is 0 Å². The molecule has 1 saturated carbocycles. The summed E-state index contributed by atoms with van der Waals surface area (Å²) in [7, 11) is 4.00. The molecule has 0 aromatic heterocycles.